The molecule has 0 aliphatic heterocycles. The van der Waals surface area contributed by atoms with E-state index in [9.17, 15) is 0 Å². The topological polar surface area (TPSA) is 47.3 Å². The number of nitrogens with two attached hydrogens (primary N) is 1. The van der Waals surface area contributed by atoms with E-state index in [2.05, 4.69) is 5.32 Å². The zero-order valence-corrected chi connectivity index (χ0v) is 9.68. The van der Waals surface area contributed by atoms with Crippen LogP contribution in [0.2, 0.25) is 5.02 Å². The summed E-state index contributed by atoms with van der Waals surface area (Å²) >= 11 is 5.86. The Hall–Kier alpha value is -0.930. The molecule has 0 amide bonds. The van der Waals surface area contributed by atoms with E-state index in [4.69, 9.17) is 22.1 Å². The SMILES string of the molecule is COCCCCNc1cc(Cl)ccc1N. The van der Waals surface area contributed by atoms with Crippen LogP contribution in [-0.2, 0) is 4.74 Å². The van der Waals surface area contributed by atoms with Crippen LogP contribution in [-0.4, -0.2) is 20.3 Å². The van der Waals surface area contributed by atoms with E-state index in [0.717, 1.165) is 37.4 Å². The lowest BCUT2D eigenvalue weighted by molar-refractivity contribution is 0.194. The summed E-state index contributed by atoms with van der Waals surface area (Å²) in [6, 6.07) is 5.43. The lowest BCUT2D eigenvalue weighted by atomic mass is 10.2. The normalized spacial score (nSPS) is 10.3. The number of ether oxygens (including phenoxy) is 1. The van der Waals surface area contributed by atoms with E-state index in [1.165, 1.54) is 0 Å². The van der Waals surface area contributed by atoms with Crippen molar-refractivity contribution in [2.45, 2.75) is 12.8 Å². The number of halogens is 1. The van der Waals surface area contributed by atoms with Gasteiger partial charge < -0.3 is 15.8 Å². The summed E-state index contributed by atoms with van der Waals surface area (Å²) < 4.78 is 4.96. The van der Waals surface area contributed by atoms with Crippen LogP contribution in [0.25, 0.3) is 0 Å². The van der Waals surface area contributed by atoms with Gasteiger partial charge in [-0.2, -0.15) is 0 Å². The molecule has 1 aromatic carbocycles. The molecule has 0 heterocycles. The van der Waals surface area contributed by atoms with E-state index in [1.54, 1.807) is 19.2 Å². The number of anilines is 2. The van der Waals surface area contributed by atoms with Crippen molar-refractivity contribution in [1.29, 1.82) is 0 Å². The largest absolute Gasteiger partial charge is 0.397 e. The van der Waals surface area contributed by atoms with Gasteiger partial charge in [0, 0.05) is 25.3 Å². The van der Waals surface area contributed by atoms with Gasteiger partial charge in [0.25, 0.3) is 0 Å². The summed E-state index contributed by atoms with van der Waals surface area (Å²) in [6.45, 7) is 1.68. The fourth-order valence-corrected chi connectivity index (χ4v) is 1.45. The molecule has 1 rings (SSSR count). The predicted octanol–water partition coefficient (Wildman–Crippen LogP) is 2.76. The molecule has 0 unspecified atom stereocenters. The van der Waals surface area contributed by atoms with Gasteiger partial charge in [-0.3, -0.25) is 0 Å². The van der Waals surface area contributed by atoms with Crippen LogP contribution < -0.4 is 11.1 Å². The lowest BCUT2D eigenvalue weighted by Gasteiger charge is -2.09. The second kappa shape index (κ2) is 6.53. The number of hydrogen-bond donors (Lipinski definition) is 2. The van der Waals surface area contributed by atoms with Crippen molar-refractivity contribution in [2.75, 3.05) is 31.3 Å². The molecule has 0 radical (unpaired) electrons. The molecule has 15 heavy (non-hydrogen) atoms. The minimum absolute atomic E-state index is 0.698. The lowest BCUT2D eigenvalue weighted by Crippen LogP contribution is -2.05. The molecule has 0 aliphatic rings. The van der Waals surface area contributed by atoms with Crippen molar-refractivity contribution < 1.29 is 4.74 Å². The smallest absolute Gasteiger partial charge is 0.0588 e. The average Bonchev–Trinajstić information content (AvgIpc) is 2.23. The first kappa shape index (κ1) is 12.1. The monoisotopic (exact) mass is 228 g/mol. The zero-order chi connectivity index (χ0) is 11.1. The van der Waals surface area contributed by atoms with Crippen LogP contribution >= 0.6 is 11.6 Å². The average molecular weight is 229 g/mol. The second-order valence-corrected chi connectivity index (χ2v) is 3.79. The minimum atomic E-state index is 0.698. The molecule has 0 fully saturated rings. The standard InChI is InChI=1S/C11H17ClN2O/c1-15-7-3-2-6-14-11-8-9(12)4-5-10(11)13/h4-5,8,14H,2-3,6-7,13H2,1H3. The van der Waals surface area contributed by atoms with Crippen molar-refractivity contribution in [3.63, 3.8) is 0 Å². The Morgan fingerprint density at radius 1 is 1.40 bits per heavy atom. The van der Waals surface area contributed by atoms with E-state index in [0.29, 0.717) is 5.02 Å². The third-order valence-corrected chi connectivity index (χ3v) is 2.34. The van der Waals surface area contributed by atoms with Crippen molar-refractivity contribution in [2.24, 2.45) is 0 Å². The number of nitrogens with one attached hydrogen (secondary N) is 1. The molecule has 4 heteroatoms. The van der Waals surface area contributed by atoms with Crippen LogP contribution in [0.3, 0.4) is 0 Å². The maximum atomic E-state index is 5.86. The van der Waals surface area contributed by atoms with Crippen molar-refractivity contribution in [3.8, 4) is 0 Å². The van der Waals surface area contributed by atoms with Gasteiger partial charge in [-0.1, -0.05) is 11.6 Å². The molecule has 0 saturated heterocycles. The molecule has 0 spiro atoms. The van der Waals surface area contributed by atoms with Gasteiger partial charge in [0.1, 0.15) is 0 Å². The van der Waals surface area contributed by atoms with Gasteiger partial charge in [-0.15, -0.1) is 0 Å². The van der Waals surface area contributed by atoms with E-state index in [1.807, 2.05) is 6.07 Å². The van der Waals surface area contributed by atoms with Gasteiger partial charge in [0.2, 0.25) is 0 Å². The maximum Gasteiger partial charge on any atom is 0.0588 e. The summed E-state index contributed by atoms with van der Waals surface area (Å²) in [5, 5.41) is 3.95. The first-order valence-electron chi connectivity index (χ1n) is 5.02. The quantitative estimate of drug-likeness (QED) is 0.582. The fourth-order valence-electron chi connectivity index (χ4n) is 1.28. The van der Waals surface area contributed by atoms with E-state index >= 15 is 0 Å². The Kier molecular flexibility index (Phi) is 5.29. The van der Waals surface area contributed by atoms with Gasteiger partial charge in [0.15, 0.2) is 0 Å². The Bertz CT molecular complexity index is 305. The summed E-state index contributed by atoms with van der Waals surface area (Å²) in [5.41, 5.74) is 7.42. The third-order valence-electron chi connectivity index (χ3n) is 2.11. The number of rotatable bonds is 6. The minimum Gasteiger partial charge on any atom is -0.397 e. The van der Waals surface area contributed by atoms with Crippen LogP contribution in [0.4, 0.5) is 11.4 Å². The van der Waals surface area contributed by atoms with Crippen LogP contribution in [0.15, 0.2) is 18.2 Å². The highest BCUT2D eigenvalue weighted by Crippen LogP contribution is 2.22. The summed E-state index contributed by atoms with van der Waals surface area (Å²) in [7, 11) is 1.71. The fraction of sp³-hybridized carbons (Fsp3) is 0.455. The van der Waals surface area contributed by atoms with Gasteiger partial charge >= 0.3 is 0 Å². The molecule has 0 aliphatic carbocycles. The molecule has 0 aromatic heterocycles. The molecule has 84 valence electrons. The molecule has 3 N–H and O–H groups in total. The number of nitrogen functional groups attached to an aromatic ring is 1. The molecule has 1 aromatic rings. The summed E-state index contributed by atoms with van der Waals surface area (Å²) in [6.07, 6.45) is 2.10. The Morgan fingerprint density at radius 3 is 2.93 bits per heavy atom. The molecule has 0 bridgehead atoms. The van der Waals surface area contributed by atoms with Crippen molar-refractivity contribution in [1.82, 2.24) is 0 Å². The first-order valence-corrected chi connectivity index (χ1v) is 5.39. The van der Waals surface area contributed by atoms with Crippen LogP contribution in [0, 0.1) is 0 Å². The molecule has 0 atom stereocenters. The van der Waals surface area contributed by atoms with Crippen LogP contribution in [0.1, 0.15) is 12.8 Å². The van der Waals surface area contributed by atoms with Gasteiger partial charge in [-0.05, 0) is 31.0 Å². The van der Waals surface area contributed by atoms with Crippen LogP contribution in [0.5, 0.6) is 0 Å². The molecular weight excluding hydrogens is 212 g/mol. The second-order valence-electron chi connectivity index (χ2n) is 3.36. The molecule has 3 nitrogen and oxygen atoms in total. The predicted molar refractivity (Wildman–Crippen MR) is 65.5 cm³/mol. The van der Waals surface area contributed by atoms with Crippen molar-refractivity contribution >= 4 is 23.0 Å². The summed E-state index contributed by atoms with van der Waals surface area (Å²) in [4.78, 5) is 0. The highest BCUT2D eigenvalue weighted by Gasteiger charge is 1.98. The zero-order valence-electron chi connectivity index (χ0n) is 8.92. The van der Waals surface area contributed by atoms with E-state index < -0.39 is 0 Å². The Labute approximate surface area is 95.6 Å². The molecular formula is C11H17ClN2O. The maximum absolute atomic E-state index is 5.86. The first-order chi connectivity index (χ1) is 7.24. The number of unbranched alkanes of at least 4 members (excludes halogenated alkanes) is 1. The summed E-state index contributed by atoms with van der Waals surface area (Å²) in [5.74, 6) is 0. The molecule has 0 saturated carbocycles. The van der Waals surface area contributed by atoms with Crippen molar-refractivity contribution in [3.05, 3.63) is 23.2 Å². The Balaban J connectivity index is 2.33. The number of benzene rings is 1. The van der Waals surface area contributed by atoms with E-state index in [-0.39, 0.29) is 0 Å². The number of hydrogen-bond acceptors (Lipinski definition) is 3. The third kappa shape index (κ3) is 4.40. The number of methoxy groups -OCH3 is 1. The highest BCUT2D eigenvalue weighted by molar-refractivity contribution is 6.31. The van der Waals surface area contributed by atoms with Gasteiger partial charge in [0.05, 0.1) is 11.4 Å². The highest BCUT2D eigenvalue weighted by atomic mass is 35.5. The Morgan fingerprint density at radius 2 is 2.20 bits per heavy atom. The van der Waals surface area contributed by atoms with Gasteiger partial charge in [-0.25, -0.2) is 0 Å².